The SMILES string of the molecule is COC(=O)CCSC(C)(C)[C@@H](NS(=O)(=O)c1ccc(Oc2ccc(F)cc2)cc1)C(=O)O. The number of ether oxygens (including phenoxy) is 2. The molecular weight excluding hydrogens is 461 g/mol. The Labute approximate surface area is 190 Å². The van der Waals surface area contributed by atoms with E-state index in [0.29, 0.717) is 11.5 Å². The lowest BCUT2D eigenvalue weighted by atomic mass is 10.1. The standard InChI is InChI=1S/C21H24FNO7S2/c1-21(2,31-13-12-18(24)29-3)19(20(25)26)23-32(27,28)17-10-8-16(9-11-17)30-15-6-4-14(22)5-7-15/h4-11,19,23H,12-13H2,1-3H3,(H,25,26)/t19-/m0/s1. The highest BCUT2D eigenvalue weighted by Gasteiger charge is 2.39. The predicted octanol–water partition coefficient (Wildman–Crippen LogP) is 3.42. The average molecular weight is 486 g/mol. The van der Waals surface area contributed by atoms with Crippen LogP contribution in [0.3, 0.4) is 0 Å². The molecule has 1 atom stereocenters. The number of carbonyl (C=O) groups is 2. The molecule has 8 nitrogen and oxygen atoms in total. The first-order chi connectivity index (χ1) is 14.9. The summed E-state index contributed by atoms with van der Waals surface area (Å²) in [5, 5.41) is 9.62. The van der Waals surface area contributed by atoms with E-state index < -0.39 is 38.6 Å². The van der Waals surface area contributed by atoms with Crippen LogP contribution in [-0.4, -0.2) is 49.1 Å². The largest absolute Gasteiger partial charge is 0.480 e. The van der Waals surface area contributed by atoms with Crippen molar-refractivity contribution < 1.29 is 37.0 Å². The molecule has 0 bridgehead atoms. The summed E-state index contributed by atoms with van der Waals surface area (Å²) in [6, 6.07) is 9.23. The van der Waals surface area contributed by atoms with Crippen LogP contribution in [-0.2, 0) is 24.3 Å². The quantitative estimate of drug-likeness (QED) is 0.465. The van der Waals surface area contributed by atoms with Gasteiger partial charge >= 0.3 is 11.9 Å². The van der Waals surface area contributed by atoms with Crippen LogP contribution < -0.4 is 9.46 Å². The lowest BCUT2D eigenvalue weighted by molar-refractivity contribution is -0.140. The van der Waals surface area contributed by atoms with Crippen LogP contribution in [0.1, 0.15) is 20.3 Å². The number of carboxylic acids is 1. The molecule has 0 aromatic heterocycles. The van der Waals surface area contributed by atoms with Crippen LogP contribution in [0.2, 0.25) is 0 Å². The number of methoxy groups -OCH3 is 1. The Hall–Kier alpha value is -2.63. The lowest BCUT2D eigenvalue weighted by Crippen LogP contribution is -2.52. The third-order valence-corrected chi connectivity index (χ3v) is 7.23. The van der Waals surface area contributed by atoms with Gasteiger partial charge in [-0.15, -0.1) is 0 Å². The van der Waals surface area contributed by atoms with Gasteiger partial charge in [0.1, 0.15) is 23.4 Å². The molecule has 2 N–H and O–H groups in total. The number of carboxylic acid groups (broad SMARTS) is 1. The summed E-state index contributed by atoms with van der Waals surface area (Å²) >= 11 is 1.14. The highest BCUT2D eigenvalue weighted by molar-refractivity contribution is 8.00. The molecule has 174 valence electrons. The zero-order valence-electron chi connectivity index (χ0n) is 17.7. The van der Waals surface area contributed by atoms with Crippen molar-refractivity contribution in [1.82, 2.24) is 4.72 Å². The Kier molecular flexibility index (Phi) is 8.65. The highest BCUT2D eigenvalue weighted by Crippen LogP contribution is 2.30. The van der Waals surface area contributed by atoms with Gasteiger partial charge in [0.25, 0.3) is 0 Å². The summed E-state index contributed by atoms with van der Waals surface area (Å²) in [6.07, 6.45) is 0.0687. The minimum Gasteiger partial charge on any atom is -0.480 e. The monoisotopic (exact) mass is 485 g/mol. The van der Waals surface area contributed by atoms with Crippen LogP contribution in [0.15, 0.2) is 53.4 Å². The maximum atomic E-state index is 13.0. The molecule has 11 heteroatoms. The highest BCUT2D eigenvalue weighted by atomic mass is 32.2. The molecule has 0 fully saturated rings. The number of halogens is 1. The number of thioether (sulfide) groups is 1. The average Bonchev–Trinajstić information content (AvgIpc) is 2.73. The van der Waals surface area contributed by atoms with E-state index in [1.165, 1.54) is 55.6 Å². The van der Waals surface area contributed by atoms with E-state index in [9.17, 15) is 27.5 Å². The van der Waals surface area contributed by atoms with Gasteiger partial charge in [-0.2, -0.15) is 16.5 Å². The first kappa shape index (κ1) is 25.6. The molecule has 0 aliphatic heterocycles. The van der Waals surface area contributed by atoms with Crippen LogP contribution in [0, 0.1) is 5.82 Å². The lowest BCUT2D eigenvalue weighted by Gasteiger charge is -2.31. The summed E-state index contributed by atoms with van der Waals surface area (Å²) in [7, 11) is -2.92. The van der Waals surface area contributed by atoms with E-state index >= 15 is 0 Å². The molecule has 0 spiro atoms. The van der Waals surface area contributed by atoms with Gasteiger partial charge in [-0.05, 0) is 62.4 Å². The van der Waals surface area contributed by atoms with Crippen molar-refractivity contribution in [1.29, 1.82) is 0 Å². The van der Waals surface area contributed by atoms with E-state index in [1.807, 2.05) is 0 Å². The molecule has 0 unspecified atom stereocenters. The normalized spacial score (nSPS) is 12.8. The van der Waals surface area contributed by atoms with Gasteiger partial charge in [-0.1, -0.05) is 0 Å². The van der Waals surface area contributed by atoms with E-state index in [1.54, 1.807) is 13.8 Å². The number of aliphatic carboxylic acids is 1. The maximum Gasteiger partial charge on any atom is 0.323 e. The van der Waals surface area contributed by atoms with Gasteiger partial charge in [0.2, 0.25) is 10.0 Å². The topological polar surface area (TPSA) is 119 Å². The minimum absolute atomic E-state index is 0.0687. The van der Waals surface area contributed by atoms with Crippen molar-refractivity contribution in [3.63, 3.8) is 0 Å². The number of sulfonamides is 1. The van der Waals surface area contributed by atoms with Gasteiger partial charge in [0, 0.05) is 10.5 Å². The molecule has 0 heterocycles. The number of hydrogen-bond acceptors (Lipinski definition) is 7. The summed E-state index contributed by atoms with van der Waals surface area (Å²) in [6.45, 7) is 3.16. The fraction of sp³-hybridized carbons (Fsp3) is 0.333. The van der Waals surface area contributed by atoms with Crippen LogP contribution in [0.25, 0.3) is 0 Å². The predicted molar refractivity (Wildman–Crippen MR) is 118 cm³/mol. The van der Waals surface area contributed by atoms with E-state index in [4.69, 9.17) is 4.74 Å². The first-order valence-corrected chi connectivity index (χ1v) is 11.9. The molecule has 2 aromatic rings. The molecule has 2 rings (SSSR count). The number of carbonyl (C=O) groups excluding carboxylic acids is 1. The molecule has 32 heavy (non-hydrogen) atoms. The Morgan fingerprint density at radius 2 is 1.62 bits per heavy atom. The van der Waals surface area contributed by atoms with E-state index in [2.05, 4.69) is 9.46 Å². The van der Waals surface area contributed by atoms with Gasteiger partial charge in [-0.3, -0.25) is 9.59 Å². The zero-order valence-corrected chi connectivity index (χ0v) is 19.3. The maximum absolute atomic E-state index is 13.0. The number of nitrogens with one attached hydrogen (secondary N) is 1. The molecule has 0 saturated carbocycles. The summed E-state index contributed by atoms with van der Waals surface area (Å²) in [5.41, 5.74) is 0. The number of rotatable bonds is 11. The van der Waals surface area contributed by atoms with Gasteiger partial charge in [0.15, 0.2) is 0 Å². The smallest absolute Gasteiger partial charge is 0.323 e. The van der Waals surface area contributed by atoms with Gasteiger partial charge in [0.05, 0.1) is 18.4 Å². The van der Waals surface area contributed by atoms with Crippen molar-refractivity contribution in [2.45, 2.75) is 36.0 Å². The second-order valence-corrected chi connectivity index (χ2v) is 10.7. The third-order valence-electron chi connectivity index (χ3n) is 4.41. The summed E-state index contributed by atoms with van der Waals surface area (Å²) in [4.78, 5) is 22.9. The number of hydrogen-bond donors (Lipinski definition) is 2. The third kappa shape index (κ3) is 7.21. The molecule has 0 saturated heterocycles. The molecular formula is C21H24FNO7S2. The van der Waals surface area contributed by atoms with Crippen LogP contribution in [0.5, 0.6) is 11.5 Å². The number of esters is 1. The second kappa shape index (κ2) is 10.8. The fourth-order valence-electron chi connectivity index (χ4n) is 2.62. The molecule has 0 aliphatic rings. The summed E-state index contributed by atoms with van der Waals surface area (Å²) in [5.74, 6) is -1.24. The summed E-state index contributed by atoms with van der Waals surface area (Å²) < 4.78 is 49.8. The van der Waals surface area contributed by atoms with Gasteiger partial charge < -0.3 is 14.6 Å². The van der Waals surface area contributed by atoms with E-state index in [-0.39, 0.29) is 17.1 Å². The van der Waals surface area contributed by atoms with Crippen molar-refractivity contribution in [3.05, 3.63) is 54.3 Å². The van der Waals surface area contributed by atoms with E-state index in [0.717, 1.165) is 11.8 Å². The van der Waals surface area contributed by atoms with Crippen molar-refractivity contribution in [3.8, 4) is 11.5 Å². The Morgan fingerprint density at radius 1 is 1.09 bits per heavy atom. The van der Waals surface area contributed by atoms with Crippen LogP contribution >= 0.6 is 11.8 Å². The Morgan fingerprint density at radius 3 is 2.12 bits per heavy atom. The number of benzene rings is 2. The van der Waals surface area contributed by atoms with Gasteiger partial charge in [-0.25, -0.2) is 12.8 Å². The Bertz CT molecular complexity index is 1040. The Balaban J connectivity index is 2.11. The first-order valence-electron chi connectivity index (χ1n) is 9.44. The van der Waals surface area contributed by atoms with Crippen molar-refractivity contribution >= 4 is 33.7 Å². The second-order valence-electron chi connectivity index (χ2n) is 7.20. The fourth-order valence-corrected chi connectivity index (χ4v) is 5.15. The van der Waals surface area contributed by atoms with Crippen molar-refractivity contribution in [2.24, 2.45) is 0 Å². The molecule has 2 aromatic carbocycles. The molecule has 0 amide bonds. The van der Waals surface area contributed by atoms with Crippen molar-refractivity contribution in [2.75, 3.05) is 12.9 Å². The van der Waals surface area contributed by atoms with Crippen LogP contribution in [0.4, 0.5) is 4.39 Å². The molecule has 0 radical (unpaired) electrons. The zero-order chi connectivity index (χ0) is 23.9. The minimum atomic E-state index is -4.17. The molecule has 0 aliphatic carbocycles.